The van der Waals surface area contributed by atoms with Crippen molar-refractivity contribution in [1.82, 2.24) is 10.2 Å². The van der Waals surface area contributed by atoms with E-state index in [4.69, 9.17) is 0 Å². The Bertz CT molecular complexity index is 166. The molecule has 1 aliphatic carbocycles. The molecule has 0 heterocycles. The van der Waals surface area contributed by atoms with Crippen molar-refractivity contribution in [2.75, 3.05) is 20.1 Å². The zero-order valence-electron chi connectivity index (χ0n) is 10.9. The molecule has 1 fully saturated rings. The third-order valence-electron chi connectivity index (χ3n) is 3.51. The van der Waals surface area contributed by atoms with Gasteiger partial charge in [-0.15, -0.1) is 0 Å². The Kier molecular flexibility index (Phi) is 5.62. The van der Waals surface area contributed by atoms with Gasteiger partial charge in [-0.1, -0.05) is 6.92 Å². The molecule has 1 rings (SSSR count). The van der Waals surface area contributed by atoms with Gasteiger partial charge in [0.05, 0.1) is 0 Å². The third kappa shape index (κ3) is 4.98. The molecule has 0 saturated heterocycles. The summed E-state index contributed by atoms with van der Waals surface area (Å²) in [6.07, 6.45) is 5.48. The summed E-state index contributed by atoms with van der Waals surface area (Å²) >= 11 is 0. The molecule has 0 radical (unpaired) electrons. The van der Waals surface area contributed by atoms with E-state index in [-0.39, 0.29) is 0 Å². The maximum absolute atomic E-state index is 3.34. The minimum atomic E-state index is 0.638. The molecule has 0 aliphatic heterocycles. The van der Waals surface area contributed by atoms with E-state index in [2.05, 4.69) is 38.0 Å². The van der Waals surface area contributed by atoms with Crippen LogP contribution in [-0.2, 0) is 0 Å². The van der Waals surface area contributed by atoms with Crippen LogP contribution in [0.4, 0.5) is 0 Å². The fraction of sp³-hybridized carbons (Fsp3) is 1.00. The van der Waals surface area contributed by atoms with Crippen molar-refractivity contribution in [1.29, 1.82) is 0 Å². The molecule has 0 aromatic rings. The Morgan fingerprint density at radius 1 is 1.33 bits per heavy atom. The summed E-state index contributed by atoms with van der Waals surface area (Å²) in [5, 5.41) is 3.34. The monoisotopic (exact) mass is 212 g/mol. The Balaban J connectivity index is 2.31. The van der Waals surface area contributed by atoms with E-state index in [1.807, 2.05) is 0 Å². The van der Waals surface area contributed by atoms with Gasteiger partial charge in [0, 0.05) is 18.6 Å². The number of rotatable bonds is 8. The van der Waals surface area contributed by atoms with E-state index >= 15 is 0 Å². The second kappa shape index (κ2) is 6.49. The number of hydrogen-bond donors (Lipinski definition) is 1. The number of nitrogens with zero attached hydrogens (tertiary/aromatic N) is 1. The summed E-state index contributed by atoms with van der Waals surface area (Å²) in [7, 11) is 2.06. The van der Waals surface area contributed by atoms with E-state index in [1.165, 1.54) is 38.8 Å². The van der Waals surface area contributed by atoms with Gasteiger partial charge in [-0.3, -0.25) is 0 Å². The van der Waals surface area contributed by atoms with Crippen LogP contribution in [0.25, 0.3) is 0 Å². The lowest BCUT2D eigenvalue weighted by Crippen LogP contribution is -2.39. The van der Waals surface area contributed by atoms with Gasteiger partial charge in [0.15, 0.2) is 0 Å². The van der Waals surface area contributed by atoms with Gasteiger partial charge in [-0.05, 0) is 59.0 Å². The van der Waals surface area contributed by atoms with Crippen molar-refractivity contribution in [3.63, 3.8) is 0 Å². The Hall–Kier alpha value is -0.0800. The molecule has 0 aromatic carbocycles. The predicted molar refractivity (Wildman–Crippen MR) is 67.2 cm³/mol. The lowest BCUT2D eigenvalue weighted by molar-refractivity contribution is 0.182. The van der Waals surface area contributed by atoms with Gasteiger partial charge in [-0.2, -0.15) is 0 Å². The van der Waals surface area contributed by atoms with E-state index in [1.54, 1.807) is 0 Å². The van der Waals surface area contributed by atoms with Crippen LogP contribution in [0.2, 0.25) is 0 Å². The summed E-state index contributed by atoms with van der Waals surface area (Å²) in [6, 6.07) is 1.37. The van der Waals surface area contributed by atoms with Gasteiger partial charge >= 0.3 is 0 Å². The van der Waals surface area contributed by atoms with Crippen molar-refractivity contribution in [3.8, 4) is 0 Å². The summed E-state index contributed by atoms with van der Waals surface area (Å²) in [6.45, 7) is 9.55. The molecule has 2 atom stereocenters. The first kappa shape index (κ1) is 13.0. The summed E-state index contributed by atoms with van der Waals surface area (Å²) in [5.41, 5.74) is 0. The normalized spacial score (nSPS) is 20.6. The standard InChI is InChI=1S/C13H28N2/c1-5-8-15(10-13-6-7-13)12(3)9-11(2)14-4/h11-14H,5-10H2,1-4H3. The molecule has 2 nitrogen and oxygen atoms in total. The molecular formula is C13H28N2. The topological polar surface area (TPSA) is 15.3 Å². The second-order valence-electron chi connectivity index (χ2n) is 5.21. The minimum absolute atomic E-state index is 0.638. The molecule has 15 heavy (non-hydrogen) atoms. The first-order valence-electron chi connectivity index (χ1n) is 6.58. The maximum atomic E-state index is 3.34. The summed E-state index contributed by atoms with van der Waals surface area (Å²) in [4.78, 5) is 2.69. The highest BCUT2D eigenvalue weighted by Crippen LogP contribution is 2.30. The van der Waals surface area contributed by atoms with E-state index in [0.717, 1.165) is 12.0 Å². The highest BCUT2D eigenvalue weighted by atomic mass is 15.2. The van der Waals surface area contributed by atoms with E-state index < -0.39 is 0 Å². The molecule has 0 amide bonds. The van der Waals surface area contributed by atoms with Crippen LogP contribution in [0.5, 0.6) is 0 Å². The Morgan fingerprint density at radius 3 is 2.47 bits per heavy atom. The predicted octanol–water partition coefficient (Wildman–Crippen LogP) is 2.49. The molecule has 90 valence electrons. The molecule has 1 N–H and O–H groups in total. The van der Waals surface area contributed by atoms with Gasteiger partial charge in [0.25, 0.3) is 0 Å². The van der Waals surface area contributed by atoms with Crippen molar-refractivity contribution >= 4 is 0 Å². The smallest absolute Gasteiger partial charge is 0.00817 e. The molecule has 1 saturated carbocycles. The van der Waals surface area contributed by atoms with Crippen molar-refractivity contribution < 1.29 is 0 Å². The van der Waals surface area contributed by atoms with Crippen LogP contribution >= 0.6 is 0 Å². The number of hydrogen-bond acceptors (Lipinski definition) is 2. The van der Waals surface area contributed by atoms with Crippen molar-refractivity contribution in [2.24, 2.45) is 5.92 Å². The van der Waals surface area contributed by atoms with Gasteiger partial charge < -0.3 is 10.2 Å². The van der Waals surface area contributed by atoms with Crippen LogP contribution < -0.4 is 5.32 Å². The van der Waals surface area contributed by atoms with Gasteiger partial charge in [0.2, 0.25) is 0 Å². The molecule has 0 spiro atoms. The van der Waals surface area contributed by atoms with Crippen LogP contribution in [0.15, 0.2) is 0 Å². The number of nitrogens with one attached hydrogen (secondary N) is 1. The second-order valence-corrected chi connectivity index (χ2v) is 5.21. The average molecular weight is 212 g/mol. The SMILES string of the molecule is CCCN(CC1CC1)C(C)CC(C)NC. The molecule has 0 bridgehead atoms. The van der Waals surface area contributed by atoms with Crippen molar-refractivity contribution in [3.05, 3.63) is 0 Å². The van der Waals surface area contributed by atoms with E-state index in [9.17, 15) is 0 Å². The first-order valence-corrected chi connectivity index (χ1v) is 6.58. The van der Waals surface area contributed by atoms with Crippen LogP contribution in [0, 0.1) is 5.92 Å². The molecule has 0 aromatic heterocycles. The fourth-order valence-electron chi connectivity index (χ4n) is 2.19. The molecule has 2 heteroatoms. The lowest BCUT2D eigenvalue weighted by atomic mass is 10.1. The maximum Gasteiger partial charge on any atom is 0.00817 e. The minimum Gasteiger partial charge on any atom is -0.317 e. The third-order valence-corrected chi connectivity index (χ3v) is 3.51. The molecular weight excluding hydrogens is 184 g/mol. The highest BCUT2D eigenvalue weighted by Gasteiger charge is 2.26. The zero-order chi connectivity index (χ0) is 11.3. The quantitative estimate of drug-likeness (QED) is 0.665. The average Bonchev–Trinajstić information content (AvgIpc) is 3.00. The highest BCUT2D eigenvalue weighted by molar-refractivity contribution is 4.80. The summed E-state index contributed by atoms with van der Waals surface area (Å²) < 4.78 is 0. The molecule has 1 aliphatic rings. The Morgan fingerprint density at radius 2 is 2.00 bits per heavy atom. The zero-order valence-corrected chi connectivity index (χ0v) is 10.9. The summed E-state index contributed by atoms with van der Waals surface area (Å²) in [5.74, 6) is 1.02. The van der Waals surface area contributed by atoms with Crippen molar-refractivity contribution in [2.45, 2.75) is 58.5 Å². The fourth-order valence-corrected chi connectivity index (χ4v) is 2.19. The largest absolute Gasteiger partial charge is 0.317 e. The molecule has 2 unspecified atom stereocenters. The first-order chi connectivity index (χ1) is 7.17. The van der Waals surface area contributed by atoms with E-state index in [0.29, 0.717) is 6.04 Å². The van der Waals surface area contributed by atoms with Gasteiger partial charge in [-0.25, -0.2) is 0 Å². The van der Waals surface area contributed by atoms with Crippen LogP contribution in [-0.4, -0.2) is 37.1 Å². The Labute approximate surface area is 95.4 Å². The van der Waals surface area contributed by atoms with Crippen LogP contribution in [0.3, 0.4) is 0 Å². The van der Waals surface area contributed by atoms with Crippen LogP contribution in [0.1, 0.15) is 46.5 Å². The lowest BCUT2D eigenvalue weighted by Gasteiger charge is -2.30. The van der Waals surface area contributed by atoms with Gasteiger partial charge in [0.1, 0.15) is 0 Å².